The number of amides is 2. The number of carbonyl (C=O) groups is 3. The lowest BCUT2D eigenvalue weighted by atomic mass is 10.00. The first-order valence-corrected chi connectivity index (χ1v) is 7.61. The maximum absolute atomic E-state index is 12.5. The number of carboxylic acid groups (broad SMARTS) is 1. The molecule has 0 spiro atoms. The van der Waals surface area contributed by atoms with Gasteiger partial charge >= 0.3 is 5.97 Å². The van der Waals surface area contributed by atoms with Crippen molar-refractivity contribution in [2.45, 2.75) is 51.5 Å². The van der Waals surface area contributed by atoms with Crippen molar-refractivity contribution in [1.29, 1.82) is 0 Å². The van der Waals surface area contributed by atoms with Crippen LogP contribution in [0.3, 0.4) is 0 Å². The molecule has 2 saturated carbocycles. The topological polar surface area (TPSA) is 74.7 Å². The van der Waals surface area contributed by atoms with Crippen molar-refractivity contribution >= 4 is 17.8 Å². The van der Waals surface area contributed by atoms with E-state index in [0.29, 0.717) is 5.92 Å². The molecule has 110 valence electrons. The number of hydrogen-bond donors (Lipinski definition) is 1. The van der Waals surface area contributed by atoms with E-state index in [4.69, 9.17) is 5.11 Å². The summed E-state index contributed by atoms with van der Waals surface area (Å²) in [6.07, 6.45) is 4.37. The van der Waals surface area contributed by atoms with Gasteiger partial charge in [-0.25, -0.2) is 0 Å². The Balaban J connectivity index is 1.79. The maximum atomic E-state index is 12.5. The zero-order chi connectivity index (χ0) is 14.4. The van der Waals surface area contributed by atoms with E-state index in [2.05, 4.69) is 6.92 Å². The molecule has 0 bridgehead atoms. The summed E-state index contributed by atoms with van der Waals surface area (Å²) in [5, 5.41) is 9.03. The summed E-state index contributed by atoms with van der Waals surface area (Å²) in [4.78, 5) is 37.4. The lowest BCUT2D eigenvalue weighted by Crippen LogP contribution is -2.43. The van der Waals surface area contributed by atoms with Crippen molar-refractivity contribution < 1.29 is 19.5 Å². The number of fused-ring (bicyclic) bond motifs is 1. The van der Waals surface area contributed by atoms with Gasteiger partial charge in [0.05, 0.1) is 24.3 Å². The summed E-state index contributed by atoms with van der Waals surface area (Å²) in [5.74, 6) is -0.808. The predicted octanol–water partition coefficient (Wildman–Crippen LogP) is 1.66. The van der Waals surface area contributed by atoms with Crippen molar-refractivity contribution in [2.24, 2.45) is 23.7 Å². The van der Waals surface area contributed by atoms with E-state index >= 15 is 0 Å². The van der Waals surface area contributed by atoms with Gasteiger partial charge in [-0.15, -0.1) is 0 Å². The molecule has 0 aromatic carbocycles. The van der Waals surface area contributed by atoms with Crippen LogP contribution in [0.15, 0.2) is 0 Å². The molecule has 5 heteroatoms. The maximum Gasteiger partial charge on any atom is 0.305 e. The van der Waals surface area contributed by atoms with Crippen LogP contribution >= 0.6 is 0 Å². The molecule has 1 saturated heterocycles. The van der Waals surface area contributed by atoms with Gasteiger partial charge in [0.25, 0.3) is 0 Å². The van der Waals surface area contributed by atoms with E-state index in [1.165, 1.54) is 4.90 Å². The van der Waals surface area contributed by atoms with Crippen molar-refractivity contribution in [1.82, 2.24) is 4.90 Å². The molecule has 5 nitrogen and oxygen atoms in total. The molecule has 3 atom stereocenters. The highest BCUT2D eigenvalue weighted by atomic mass is 16.4. The zero-order valence-electron chi connectivity index (χ0n) is 11.7. The molecule has 0 aromatic rings. The first-order chi connectivity index (χ1) is 9.52. The summed E-state index contributed by atoms with van der Waals surface area (Å²) in [6.45, 7) is 2.09. The Morgan fingerprint density at radius 1 is 1.25 bits per heavy atom. The fraction of sp³-hybridized carbons (Fsp3) is 0.800. The van der Waals surface area contributed by atoms with Crippen molar-refractivity contribution in [3.63, 3.8) is 0 Å². The third-order valence-electron chi connectivity index (χ3n) is 5.23. The molecule has 1 aliphatic heterocycles. The minimum absolute atomic E-state index is 0.0984. The summed E-state index contributed by atoms with van der Waals surface area (Å²) in [5.41, 5.74) is 0. The Kier molecular flexibility index (Phi) is 3.30. The van der Waals surface area contributed by atoms with Gasteiger partial charge < -0.3 is 5.11 Å². The number of aliphatic carboxylic acids is 1. The number of imide groups is 1. The molecule has 1 heterocycles. The lowest BCUT2D eigenvalue weighted by Gasteiger charge is -2.26. The van der Waals surface area contributed by atoms with Crippen LogP contribution in [0.1, 0.15) is 45.4 Å². The van der Waals surface area contributed by atoms with E-state index in [0.717, 1.165) is 32.1 Å². The molecular formula is C15H21NO4. The molecule has 1 N–H and O–H groups in total. The summed E-state index contributed by atoms with van der Waals surface area (Å²) in [6, 6.07) is -0.404. The number of carbonyl (C=O) groups excluding carboxylic acids is 2. The van der Waals surface area contributed by atoms with E-state index in [-0.39, 0.29) is 36.0 Å². The van der Waals surface area contributed by atoms with E-state index < -0.39 is 12.0 Å². The van der Waals surface area contributed by atoms with E-state index in [9.17, 15) is 14.4 Å². The van der Waals surface area contributed by atoms with Gasteiger partial charge in [-0.05, 0) is 37.5 Å². The second kappa shape index (κ2) is 4.86. The fourth-order valence-corrected chi connectivity index (χ4v) is 3.94. The van der Waals surface area contributed by atoms with Crippen LogP contribution in [-0.2, 0) is 14.4 Å². The fourth-order valence-electron chi connectivity index (χ4n) is 3.94. The van der Waals surface area contributed by atoms with Crippen molar-refractivity contribution in [2.75, 3.05) is 0 Å². The monoisotopic (exact) mass is 279 g/mol. The Morgan fingerprint density at radius 2 is 1.80 bits per heavy atom. The zero-order valence-corrected chi connectivity index (χ0v) is 11.7. The number of hydrogen-bond acceptors (Lipinski definition) is 3. The smallest absolute Gasteiger partial charge is 0.305 e. The first kappa shape index (κ1) is 13.6. The molecule has 3 fully saturated rings. The quantitative estimate of drug-likeness (QED) is 0.777. The van der Waals surface area contributed by atoms with Gasteiger partial charge in [-0.2, -0.15) is 0 Å². The summed E-state index contributed by atoms with van der Waals surface area (Å²) in [7, 11) is 0. The predicted molar refractivity (Wildman–Crippen MR) is 70.6 cm³/mol. The highest BCUT2D eigenvalue weighted by Gasteiger charge is 2.56. The van der Waals surface area contributed by atoms with Crippen LogP contribution in [0.5, 0.6) is 0 Å². The molecule has 0 radical (unpaired) electrons. The Bertz CT molecular complexity index is 433. The van der Waals surface area contributed by atoms with Crippen molar-refractivity contribution in [3.8, 4) is 0 Å². The third-order valence-corrected chi connectivity index (χ3v) is 5.23. The number of carboxylic acids is 1. The van der Waals surface area contributed by atoms with E-state index in [1.54, 1.807) is 0 Å². The number of rotatable bonds is 5. The largest absolute Gasteiger partial charge is 0.481 e. The average Bonchev–Trinajstić information content (AvgIpc) is 3.10. The Morgan fingerprint density at radius 3 is 2.20 bits per heavy atom. The molecule has 20 heavy (non-hydrogen) atoms. The molecule has 2 aliphatic carbocycles. The van der Waals surface area contributed by atoms with Crippen molar-refractivity contribution in [3.05, 3.63) is 0 Å². The third kappa shape index (κ3) is 2.13. The van der Waals surface area contributed by atoms with Crippen LogP contribution in [0.2, 0.25) is 0 Å². The normalized spacial score (nSPS) is 34.5. The van der Waals surface area contributed by atoms with Gasteiger partial charge in [0.2, 0.25) is 11.8 Å². The van der Waals surface area contributed by atoms with Crippen LogP contribution in [-0.4, -0.2) is 33.8 Å². The van der Waals surface area contributed by atoms with E-state index in [1.807, 2.05) is 0 Å². The molecule has 0 aromatic heterocycles. The van der Waals surface area contributed by atoms with Gasteiger partial charge in [0.15, 0.2) is 0 Å². The average molecular weight is 279 g/mol. The van der Waals surface area contributed by atoms with Gasteiger partial charge in [-0.1, -0.05) is 13.3 Å². The molecule has 2 amide bonds. The second-order valence-corrected chi connectivity index (χ2v) is 6.51. The second-order valence-electron chi connectivity index (χ2n) is 6.51. The van der Waals surface area contributed by atoms with Gasteiger partial charge in [0.1, 0.15) is 0 Å². The first-order valence-electron chi connectivity index (χ1n) is 7.61. The van der Waals surface area contributed by atoms with Crippen LogP contribution in [0.25, 0.3) is 0 Å². The minimum atomic E-state index is -0.925. The highest BCUT2D eigenvalue weighted by molar-refractivity contribution is 6.06. The molecule has 3 aliphatic rings. The van der Waals surface area contributed by atoms with Crippen LogP contribution in [0, 0.1) is 23.7 Å². The minimum Gasteiger partial charge on any atom is -0.481 e. The SMILES string of the molecule is CCC1CC2C(=O)N(C(CC(=O)O)C3CC3)C(=O)C2C1. The molecule has 3 rings (SSSR count). The lowest BCUT2D eigenvalue weighted by molar-refractivity contribution is -0.146. The van der Waals surface area contributed by atoms with Gasteiger partial charge in [-0.3, -0.25) is 19.3 Å². The standard InChI is InChI=1S/C15H21NO4/c1-2-8-5-10-11(6-8)15(20)16(14(10)19)12(7-13(17)18)9-3-4-9/h8-12H,2-7H2,1H3,(H,17,18). The van der Waals surface area contributed by atoms with Crippen LogP contribution < -0.4 is 0 Å². The number of likely N-dealkylation sites (tertiary alicyclic amines) is 1. The van der Waals surface area contributed by atoms with Gasteiger partial charge in [0, 0.05) is 0 Å². The number of nitrogens with zero attached hydrogens (tertiary/aromatic N) is 1. The molecule has 3 unspecified atom stereocenters. The summed E-state index contributed by atoms with van der Waals surface area (Å²) >= 11 is 0. The van der Waals surface area contributed by atoms with Crippen LogP contribution in [0.4, 0.5) is 0 Å². The Labute approximate surface area is 118 Å². The highest BCUT2D eigenvalue weighted by Crippen LogP contribution is 2.47. The Hall–Kier alpha value is -1.39. The summed E-state index contributed by atoms with van der Waals surface area (Å²) < 4.78 is 0. The molecular weight excluding hydrogens is 258 g/mol.